The predicted molar refractivity (Wildman–Crippen MR) is 117 cm³/mol. The van der Waals surface area contributed by atoms with Gasteiger partial charge in [-0.3, -0.25) is 25.8 Å². The van der Waals surface area contributed by atoms with Crippen LogP contribution < -0.4 is 25.6 Å². The fourth-order valence-electron chi connectivity index (χ4n) is 2.55. The van der Waals surface area contributed by atoms with Crippen molar-refractivity contribution in [1.29, 1.82) is 0 Å². The molecular weight excluding hydrogens is 472 g/mol. The summed E-state index contributed by atoms with van der Waals surface area (Å²) in [7, 11) is 2.97. The molecule has 3 rings (SSSR count). The van der Waals surface area contributed by atoms with Crippen molar-refractivity contribution in [2.75, 3.05) is 25.0 Å². The van der Waals surface area contributed by atoms with Crippen LogP contribution in [0.15, 0.2) is 53.3 Å². The topological polar surface area (TPSA) is 141 Å². The summed E-state index contributed by atoms with van der Waals surface area (Å²) in [5.74, 6) is 0.166. The fourth-order valence-corrected chi connectivity index (χ4v) is 2.82. The second kappa shape index (κ2) is 9.71. The van der Waals surface area contributed by atoms with Crippen molar-refractivity contribution in [2.24, 2.45) is 0 Å². The number of hydrazine groups is 1. The van der Waals surface area contributed by atoms with Crippen molar-refractivity contribution in [2.45, 2.75) is 0 Å². The first-order valence-corrected chi connectivity index (χ1v) is 9.52. The highest BCUT2D eigenvalue weighted by Crippen LogP contribution is 2.35. The lowest BCUT2D eigenvalue weighted by atomic mass is 10.2. The zero-order valence-corrected chi connectivity index (χ0v) is 18.0. The number of aromatic nitrogens is 2. The predicted octanol–water partition coefficient (Wildman–Crippen LogP) is 3.67. The number of benzene rings is 2. The lowest BCUT2D eigenvalue weighted by Gasteiger charge is -2.13. The highest BCUT2D eigenvalue weighted by molar-refractivity contribution is 9.10. The van der Waals surface area contributed by atoms with E-state index in [9.17, 15) is 14.9 Å². The van der Waals surface area contributed by atoms with Crippen LogP contribution >= 0.6 is 15.9 Å². The van der Waals surface area contributed by atoms with Crippen LogP contribution in [0.2, 0.25) is 0 Å². The Morgan fingerprint density at radius 2 is 1.77 bits per heavy atom. The lowest BCUT2D eigenvalue weighted by molar-refractivity contribution is -0.383. The molecule has 0 aliphatic heterocycles. The number of hydrogen-bond acceptors (Lipinski definition) is 9. The van der Waals surface area contributed by atoms with E-state index >= 15 is 0 Å². The molecule has 3 N–H and O–H groups in total. The Morgan fingerprint density at radius 3 is 2.42 bits per heavy atom. The minimum Gasteiger partial charge on any atom is -0.497 e. The minimum absolute atomic E-state index is 0.0937. The molecule has 0 fully saturated rings. The number of halogens is 1. The van der Waals surface area contributed by atoms with Gasteiger partial charge in [-0.2, -0.15) is 0 Å². The number of ether oxygens (including phenoxy) is 2. The van der Waals surface area contributed by atoms with Crippen LogP contribution in [0, 0.1) is 10.1 Å². The van der Waals surface area contributed by atoms with Crippen molar-refractivity contribution < 1.29 is 19.2 Å². The van der Waals surface area contributed by atoms with Gasteiger partial charge in [-0.25, -0.2) is 9.97 Å². The maximum Gasteiger partial charge on any atom is 0.355 e. The normalized spacial score (nSPS) is 10.2. The third-order valence-corrected chi connectivity index (χ3v) is 4.60. The van der Waals surface area contributed by atoms with Gasteiger partial charge in [-0.1, -0.05) is 15.9 Å². The summed E-state index contributed by atoms with van der Waals surface area (Å²) in [6, 6.07) is 11.5. The van der Waals surface area contributed by atoms with Gasteiger partial charge in [0, 0.05) is 16.1 Å². The summed E-state index contributed by atoms with van der Waals surface area (Å²) in [4.78, 5) is 31.2. The molecule has 0 spiro atoms. The number of hydrogen-bond donors (Lipinski definition) is 3. The highest BCUT2D eigenvalue weighted by atomic mass is 79.9. The summed E-state index contributed by atoms with van der Waals surface area (Å²) in [5, 5.41) is 14.6. The van der Waals surface area contributed by atoms with Gasteiger partial charge in [0.2, 0.25) is 11.6 Å². The van der Waals surface area contributed by atoms with Crippen LogP contribution in [0.1, 0.15) is 10.4 Å². The van der Waals surface area contributed by atoms with Gasteiger partial charge in [0.25, 0.3) is 5.91 Å². The number of rotatable bonds is 8. The van der Waals surface area contributed by atoms with Crippen LogP contribution in [0.5, 0.6) is 11.5 Å². The second-order valence-electron chi connectivity index (χ2n) is 5.95. The summed E-state index contributed by atoms with van der Waals surface area (Å²) in [6.45, 7) is 0. The van der Waals surface area contributed by atoms with E-state index in [1.807, 2.05) is 0 Å². The van der Waals surface area contributed by atoms with E-state index in [1.54, 1.807) is 42.5 Å². The smallest absolute Gasteiger partial charge is 0.355 e. The fraction of sp³-hybridized carbons (Fsp3) is 0.105. The Morgan fingerprint density at radius 1 is 1.06 bits per heavy atom. The summed E-state index contributed by atoms with van der Waals surface area (Å²) >= 11 is 3.29. The third-order valence-electron chi connectivity index (χ3n) is 4.07. The standard InChI is InChI=1S/C19H17BrN6O5/c1-30-13-7-8-14(15(9-13)31-2)23-17-16(26(28)29)18(22-10-21-17)24-25-19(27)11-3-5-12(20)6-4-11/h3-10H,1-2H3,(H,25,27)(H2,21,22,23,24). The first kappa shape index (κ1) is 21.8. The molecule has 3 aromatic rings. The monoisotopic (exact) mass is 488 g/mol. The van der Waals surface area contributed by atoms with Gasteiger partial charge in [-0.15, -0.1) is 0 Å². The molecule has 0 saturated heterocycles. The van der Waals surface area contributed by atoms with E-state index in [-0.39, 0.29) is 11.6 Å². The number of carbonyl (C=O) groups excluding carboxylic acids is 1. The van der Waals surface area contributed by atoms with Gasteiger partial charge >= 0.3 is 5.69 Å². The largest absolute Gasteiger partial charge is 0.497 e. The van der Waals surface area contributed by atoms with E-state index in [0.29, 0.717) is 22.7 Å². The van der Waals surface area contributed by atoms with Crippen LogP contribution in [-0.2, 0) is 0 Å². The average Bonchev–Trinajstić information content (AvgIpc) is 2.78. The van der Waals surface area contributed by atoms with E-state index in [0.717, 1.165) is 10.8 Å². The van der Waals surface area contributed by atoms with Crippen LogP contribution in [0.3, 0.4) is 0 Å². The van der Waals surface area contributed by atoms with Crippen molar-refractivity contribution in [3.8, 4) is 11.5 Å². The molecule has 2 aromatic carbocycles. The Labute approximate surface area is 185 Å². The molecule has 1 amide bonds. The molecule has 0 aliphatic rings. The zero-order chi connectivity index (χ0) is 22.4. The van der Waals surface area contributed by atoms with E-state index in [4.69, 9.17) is 9.47 Å². The van der Waals surface area contributed by atoms with Crippen molar-refractivity contribution >= 4 is 44.8 Å². The van der Waals surface area contributed by atoms with Gasteiger partial charge in [0.15, 0.2) is 0 Å². The third kappa shape index (κ3) is 5.17. The van der Waals surface area contributed by atoms with E-state index in [1.165, 1.54) is 14.2 Å². The SMILES string of the molecule is COc1ccc(Nc2ncnc(NNC(=O)c3ccc(Br)cc3)c2[N+](=O)[O-])c(OC)c1. The number of amides is 1. The minimum atomic E-state index is -0.660. The average molecular weight is 489 g/mol. The number of nitrogens with zero attached hydrogens (tertiary/aromatic N) is 3. The highest BCUT2D eigenvalue weighted by Gasteiger charge is 2.24. The van der Waals surface area contributed by atoms with Crippen molar-refractivity contribution in [3.05, 3.63) is 68.9 Å². The number of nitrogens with one attached hydrogen (secondary N) is 3. The Kier molecular flexibility index (Phi) is 6.82. The molecule has 0 aliphatic carbocycles. The van der Waals surface area contributed by atoms with E-state index in [2.05, 4.69) is 42.1 Å². The number of methoxy groups -OCH3 is 2. The molecule has 12 heteroatoms. The Balaban J connectivity index is 1.85. The number of nitro groups is 1. The van der Waals surface area contributed by atoms with Crippen LogP contribution in [0.25, 0.3) is 0 Å². The van der Waals surface area contributed by atoms with Crippen molar-refractivity contribution in [1.82, 2.24) is 15.4 Å². The molecule has 31 heavy (non-hydrogen) atoms. The molecule has 0 bridgehead atoms. The molecule has 0 atom stereocenters. The molecule has 11 nitrogen and oxygen atoms in total. The lowest BCUT2D eigenvalue weighted by Crippen LogP contribution is -2.30. The summed E-state index contributed by atoms with van der Waals surface area (Å²) in [5.41, 5.74) is 5.20. The first-order chi connectivity index (χ1) is 14.9. The maximum absolute atomic E-state index is 12.3. The van der Waals surface area contributed by atoms with Gasteiger partial charge in [-0.05, 0) is 36.4 Å². The Hall–Kier alpha value is -3.93. The maximum atomic E-state index is 12.3. The first-order valence-electron chi connectivity index (χ1n) is 8.73. The second-order valence-corrected chi connectivity index (χ2v) is 6.87. The number of anilines is 3. The van der Waals surface area contributed by atoms with E-state index < -0.39 is 16.5 Å². The molecule has 1 heterocycles. The molecular formula is C19H17BrN6O5. The van der Waals surface area contributed by atoms with Crippen LogP contribution in [0.4, 0.5) is 23.0 Å². The molecule has 0 radical (unpaired) electrons. The van der Waals surface area contributed by atoms with Crippen molar-refractivity contribution in [3.63, 3.8) is 0 Å². The van der Waals surface area contributed by atoms with Gasteiger partial charge in [0.05, 0.1) is 24.8 Å². The van der Waals surface area contributed by atoms with Gasteiger partial charge < -0.3 is 14.8 Å². The summed E-state index contributed by atoms with van der Waals surface area (Å²) in [6.07, 6.45) is 1.12. The number of carbonyl (C=O) groups is 1. The quantitative estimate of drug-likeness (QED) is 0.319. The molecule has 1 aromatic heterocycles. The summed E-state index contributed by atoms with van der Waals surface area (Å²) < 4.78 is 11.3. The molecule has 0 saturated carbocycles. The Bertz CT molecular complexity index is 1110. The zero-order valence-electron chi connectivity index (χ0n) is 16.4. The molecule has 160 valence electrons. The van der Waals surface area contributed by atoms with Gasteiger partial charge in [0.1, 0.15) is 17.8 Å². The van der Waals surface area contributed by atoms with Crippen LogP contribution in [-0.4, -0.2) is 35.0 Å². The molecule has 0 unspecified atom stereocenters.